The number of fused-ring (bicyclic) bond motifs is 1. The van der Waals surface area contributed by atoms with Crippen molar-refractivity contribution in [2.45, 2.75) is 19.8 Å². The van der Waals surface area contributed by atoms with E-state index in [4.69, 9.17) is 0 Å². The van der Waals surface area contributed by atoms with Crippen LogP contribution in [0, 0.1) is 5.92 Å². The highest BCUT2D eigenvalue weighted by atomic mass is 15.2. The van der Waals surface area contributed by atoms with Crippen molar-refractivity contribution in [1.82, 2.24) is 4.90 Å². The van der Waals surface area contributed by atoms with Crippen molar-refractivity contribution in [2.75, 3.05) is 19.6 Å². The van der Waals surface area contributed by atoms with Crippen molar-refractivity contribution in [3.63, 3.8) is 0 Å². The van der Waals surface area contributed by atoms with Gasteiger partial charge in [-0.15, -0.1) is 0 Å². The minimum Gasteiger partial charge on any atom is -0.360 e. The fourth-order valence-corrected chi connectivity index (χ4v) is 1.84. The number of rotatable bonds is 0. The first-order valence-electron chi connectivity index (χ1n) is 4.17. The number of aliphatic imine (C=N–C) groups is 1. The van der Waals surface area contributed by atoms with Crippen molar-refractivity contribution >= 4 is 5.84 Å². The maximum absolute atomic E-state index is 4.52. The smallest absolute Gasteiger partial charge is 0.102 e. The van der Waals surface area contributed by atoms with E-state index >= 15 is 0 Å². The van der Waals surface area contributed by atoms with Crippen molar-refractivity contribution in [2.24, 2.45) is 10.9 Å². The standard InChI is InChI=1S/C8H14N2/c1-7-3-6-10-5-2-4-9-8(7)10/h7H,2-6H2,1H3/t7-/m1/s1. The van der Waals surface area contributed by atoms with Gasteiger partial charge in [-0.1, -0.05) is 6.92 Å². The van der Waals surface area contributed by atoms with Gasteiger partial charge in [0.05, 0.1) is 0 Å². The van der Waals surface area contributed by atoms with Gasteiger partial charge in [-0.05, 0) is 12.8 Å². The summed E-state index contributed by atoms with van der Waals surface area (Å²) in [5.74, 6) is 2.12. The lowest BCUT2D eigenvalue weighted by Gasteiger charge is -2.23. The van der Waals surface area contributed by atoms with E-state index in [0.29, 0.717) is 0 Å². The molecule has 0 aliphatic carbocycles. The minimum absolute atomic E-state index is 0.736. The lowest BCUT2D eigenvalue weighted by molar-refractivity contribution is 0.427. The van der Waals surface area contributed by atoms with E-state index in [1.165, 1.54) is 31.8 Å². The molecule has 2 heteroatoms. The first kappa shape index (κ1) is 6.20. The van der Waals surface area contributed by atoms with E-state index in [9.17, 15) is 0 Å². The molecule has 0 radical (unpaired) electrons. The van der Waals surface area contributed by atoms with Gasteiger partial charge in [0.1, 0.15) is 5.84 Å². The fourth-order valence-electron chi connectivity index (χ4n) is 1.84. The zero-order chi connectivity index (χ0) is 6.97. The molecule has 0 bridgehead atoms. The third-order valence-corrected chi connectivity index (χ3v) is 2.46. The molecule has 10 heavy (non-hydrogen) atoms. The molecule has 2 aliphatic heterocycles. The second-order valence-electron chi connectivity index (χ2n) is 3.27. The summed E-state index contributed by atoms with van der Waals surface area (Å²) < 4.78 is 0. The summed E-state index contributed by atoms with van der Waals surface area (Å²) in [6, 6.07) is 0. The SMILES string of the molecule is C[C@@H]1CCN2CCCN=C12. The summed E-state index contributed by atoms with van der Waals surface area (Å²) in [6.45, 7) is 5.85. The Hall–Kier alpha value is -0.530. The van der Waals surface area contributed by atoms with Crippen LogP contribution in [0.25, 0.3) is 0 Å². The largest absolute Gasteiger partial charge is 0.360 e. The third-order valence-electron chi connectivity index (χ3n) is 2.46. The summed E-state index contributed by atoms with van der Waals surface area (Å²) in [6.07, 6.45) is 2.58. The van der Waals surface area contributed by atoms with Gasteiger partial charge in [0.15, 0.2) is 0 Å². The average Bonchev–Trinajstić information content (AvgIpc) is 2.34. The van der Waals surface area contributed by atoms with Gasteiger partial charge < -0.3 is 4.90 Å². The Balaban J connectivity index is 2.19. The van der Waals surface area contributed by atoms with Crippen LogP contribution in [0.1, 0.15) is 19.8 Å². The topological polar surface area (TPSA) is 15.6 Å². The fraction of sp³-hybridized carbons (Fsp3) is 0.875. The summed E-state index contributed by atoms with van der Waals surface area (Å²) in [4.78, 5) is 6.95. The first-order chi connectivity index (χ1) is 4.88. The maximum Gasteiger partial charge on any atom is 0.102 e. The van der Waals surface area contributed by atoms with Crippen molar-refractivity contribution in [3.8, 4) is 0 Å². The molecule has 0 aromatic rings. The van der Waals surface area contributed by atoms with E-state index in [1.54, 1.807) is 0 Å². The predicted octanol–water partition coefficient (Wildman–Crippen LogP) is 1.13. The van der Waals surface area contributed by atoms with Crippen molar-refractivity contribution < 1.29 is 0 Å². The van der Waals surface area contributed by atoms with Crippen LogP contribution in [0.15, 0.2) is 4.99 Å². The molecule has 0 amide bonds. The van der Waals surface area contributed by atoms with E-state index in [1.807, 2.05) is 0 Å². The predicted molar refractivity (Wildman–Crippen MR) is 42.3 cm³/mol. The van der Waals surface area contributed by atoms with Gasteiger partial charge in [-0.25, -0.2) is 0 Å². The van der Waals surface area contributed by atoms with E-state index in [-0.39, 0.29) is 0 Å². The van der Waals surface area contributed by atoms with Crippen LogP contribution in [0.5, 0.6) is 0 Å². The molecule has 0 aromatic heterocycles. The third kappa shape index (κ3) is 0.825. The van der Waals surface area contributed by atoms with Crippen LogP contribution in [0.4, 0.5) is 0 Å². The number of amidine groups is 1. The second kappa shape index (κ2) is 2.26. The molecule has 1 atom stereocenters. The lowest BCUT2D eigenvalue weighted by atomic mass is 10.1. The highest BCUT2D eigenvalue weighted by Crippen LogP contribution is 2.21. The summed E-state index contributed by atoms with van der Waals surface area (Å²) in [7, 11) is 0. The molecular formula is C8H14N2. The maximum atomic E-state index is 4.52. The molecule has 0 spiro atoms. The molecule has 0 saturated carbocycles. The number of hydrogen-bond donors (Lipinski definition) is 0. The zero-order valence-corrected chi connectivity index (χ0v) is 6.51. The van der Waals surface area contributed by atoms with Gasteiger partial charge in [-0.2, -0.15) is 0 Å². The summed E-state index contributed by atoms with van der Waals surface area (Å²) >= 11 is 0. The van der Waals surface area contributed by atoms with Gasteiger partial charge in [0.2, 0.25) is 0 Å². The Morgan fingerprint density at radius 3 is 3.20 bits per heavy atom. The van der Waals surface area contributed by atoms with Crippen molar-refractivity contribution in [1.29, 1.82) is 0 Å². The van der Waals surface area contributed by atoms with Gasteiger partial charge >= 0.3 is 0 Å². The normalized spacial score (nSPS) is 31.9. The van der Waals surface area contributed by atoms with Crippen LogP contribution in [0.3, 0.4) is 0 Å². The first-order valence-corrected chi connectivity index (χ1v) is 4.17. The van der Waals surface area contributed by atoms with Crippen LogP contribution >= 0.6 is 0 Å². The van der Waals surface area contributed by atoms with E-state index in [2.05, 4.69) is 16.8 Å². The zero-order valence-electron chi connectivity index (χ0n) is 6.51. The molecule has 2 heterocycles. The average molecular weight is 138 g/mol. The molecule has 0 aromatic carbocycles. The molecular weight excluding hydrogens is 124 g/mol. The van der Waals surface area contributed by atoms with Gasteiger partial charge in [0.25, 0.3) is 0 Å². The summed E-state index contributed by atoms with van der Waals surface area (Å²) in [5, 5.41) is 0. The molecule has 56 valence electrons. The molecule has 2 rings (SSSR count). The Kier molecular flexibility index (Phi) is 1.40. The number of nitrogens with zero attached hydrogens (tertiary/aromatic N) is 2. The molecule has 0 N–H and O–H groups in total. The Morgan fingerprint density at radius 1 is 1.50 bits per heavy atom. The molecule has 0 unspecified atom stereocenters. The molecule has 2 aliphatic rings. The Labute approximate surface area is 61.9 Å². The quantitative estimate of drug-likeness (QED) is 0.490. The van der Waals surface area contributed by atoms with Gasteiger partial charge in [-0.3, -0.25) is 4.99 Å². The van der Waals surface area contributed by atoms with Crippen LogP contribution in [0.2, 0.25) is 0 Å². The Bertz CT molecular complexity index is 163. The van der Waals surface area contributed by atoms with Crippen molar-refractivity contribution in [3.05, 3.63) is 0 Å². The second-order valence-corrected chi connectivity index (χ2v) is 3.27. The van der Waals surface area contributed by atoms with Crippen LogP contribution in [-0.2, 0) is 0 Å². The number of hydrogen-bond acceptors (Lipinski definition) is 2. The highest BCUT2D eigenvalue weighted by molar-refractivity contribution is 5.86. The van der Waals surface area contributed by atoms with E-state index in [0.717, 1.165) is 12.5 Å². The molecule has 1 fully saturated rings. The summed E-state index contributed by atoms with van der Waals surface area (Å²) in [5.41, 5.74) is 0. The van der Waals surface area contributed by atoms with Crippen LogP contribution in [-0.4, -0.2) is 30.4 Å². The van der Waals surface area contributed by atoms with E-state index < -0.39 is 0 Å². The van der Waals surface area contributed by atoms with Gasteiger partial charge in [0, 0.05) is 25.6 Å². The monoisotopic (exact) mass is 138 g/mol. The highest BCUT2D eigenvalue weighted by Gasteiger charge is 2.26. The van der Waals surface area contributed by atoms with Crippen LogP contribution < -0.4 is 0 Å². The minimum atomic E-state index is 0.736. The molecule has 1 saturated heterocycles. The molecule has 2 nitrogen and oxygen atoms in total. The lowest BCUT2D eigenvalue weighted by Crippen LogP contribution is -2.32. The Morgan fingerprint density at radius 2 is 2.40 bits per heavy atom.